The van der Waals surface area contributed by atoms with Crippen LogP contribution < -0.4 is 0 Å². The van der Waals surface area contributed by atoms with Crippen LogP contribution >= 0.6 is 11.6 Å². The number of carbonyl (C=O) groups excluding carboxylic acids is 2. The second kappa shape index (κ2) is 5.19. The van der Waals surface area contributed by atoms with Crippen molar-refractivity contribution in [3.63, 3.8) is 0 Å². The van der Waals surface area contributed by atoms with Crippen LogP contribution in [0.5, 0.6) is 0 Å². The molecule has 4 nitrogen and oxygen atoms in total. The van der Waals surface area contributed by atoms with Crippen LogP contribution in [0.4, 0.5) is 0 Å². The molecule has 0 aromatic heterocycles. The lowest BCUT2D eigenvalue weighted by molar-refractivity contribution is -0.320. The van der Waals surface area contributed by atoms with E-state index in [4.69, 9.17) is 16.5 Å². The highest BCUT2D eigenvalue weighted by Crippen LogP contribution is 2.08. The molecule has 0 bridgehead atoms. The second-order valence-electron chi connectivity index (χ2n) is 3.51. The Labute approximate surface area is 82.1 Å². The molecule has 0 rings (SSSR count). The van der Waals surface area contributed by atoms with Crippen molar-refractivity contribution in [3.8, 4) is 0 Å². The SMILES string of the molecule is CC(C)(C)OOC(=O)CCC(=O)Cl. The van der Waals surface area contributed by atoms with Gasteiger partial charge in [-0.3, -0.25) is 9.68 Å². The smallest absolute Gasteiger partial charge is 0.298 e. The molecule has 0 saturated heterocycles. The number of halogens is 1. The highest BCUT2D eigenvalue weighted by Gasteiger charge is 2.15. The van der Waals surface area contributed by atoms with Crippen molar-refractivity contribution in [2.45, 2.75) is 39.2 Å². The molecule has 0 radical (unpaired) electrons. The third-order valence-corrected chi connectivity index (χ3v) is 1.10. The largest absolute Gasteiger partial charge is 0.342 e. The Morgan fingerprint density at radius 1 is 1.23 bits per heavy atom. The van der Waals surface area contributed by atoms with Gasteiger partial charge in [-0.15, -0.1) is 0 Å². The van der Waals surface area contributed by atoms with Gasteiger partial charge in [0.15, 0.2) is 0 Å². The van der Waals surface area contributed by atoms with Crippen LogP contribution in [0.15, 0.2) is 0 Å². The lowest BCUT2D eigenvalue weighted by Crippen LogP contribution is -2.21. The Morgan fingerprint density at radius 3 is 2.15 bits per heavy atom. The molecule has 0 amide bonds. The summed E-state index contributed by atoms with van der Waals surface area (Å²) in [5.41, 5.74) is -0.541. The van der Waals surface area contributed by atoms with E-state index < -0.39 is 16.8 Å². The van der Waals surface area contributed by atoms with Crippen molar-refractivity contribution in [3.05, 3.63) is 0 Å². The Balaban J connectivity index is 3.58. The fourth-order valence-electron chi connectivity index (χ4n) is 0.413. The molecule has 0 unspecified atom stereocenters. The van der Waals surface area contributed by atoms with Crippen molar-refractivity contribution >= 4 is 22.8 Å². The normalized spacial score (nSPS) is 11.1. The van der Waals surface area contributed by atoms with Crippen LogP contribution in [0.3, 0.4) is 0 Å². The molecule has 0 N–H and O–H groups in total. The van der Waals surface area contributed by atoms with Gasteiger partial charge in [-0.05, 0) is 32.4 Å². The van der Waals surface area contributed by atoms with Gasteiger partial charge in [0.1, 0.15) is 5.60 Å². The molecule has 0 saturated carbocycles. The van der Waals surface area contributed by atoms with Gasteiger partial charge in [0.25, 0.3) is 0 Å². The van der Waals surface area contributed by atoms with E-state index in [-0.39, 0.29) is 12.8 Å². The first-order valence-corrected chi connectivity index (χ1v) is 4.26. The number of carbonyl (C=O) groups is 2. The fourth-order valence-corrected chi connectivity index (χ4v) is 0.508. The van der Waals surface area contributed by atoms with E-state index in [2.05, 4.69) is 4.89 Å². The van der Waals surface area contributed by atoms with Crippen molar-refractivity contribution in [2.24, 2.45) is 0 Å². The maximum Gasteiger partial charge on any atom is 0.342 e. The van der Waals surface area contributed by atoms with E-state index in [1.807, 2.05) is 0 Å². The van der Waals surface area contributed by atoms with Crippen LogP contribution in [0, 0.1) is 0 Å². The minimum absolute atomic E-state index is 0.0338. The summed E-state index contributed by atoms with van der Waals surface area (Å²) >= 11 is 5.02. The predicted octanol–water partition coefficient (Wildman–Crippen LogP) is 1.81. The van der Waals surface area contributed by atoms with E-state index in [1.54, 1.807) is 20.8 Å². The van der Waals surface area contributed by atoms with Gasteiger partial charge in [-0.1, -0.05) is 0 Å². The molecular formula is C8H13ClO4. The van der Waals surface area contributed by atoms with E-state index in [0.29, 0.717) is 0 Å². The molecule has 0 fully saturated rings. The Morgan fingerprint density at radius 2 is 1.77 bits per heavy atom. The third kappa shape index (κ3) is 9.30. The van der Waals surface area contributed by atoms with Crippen LogP contribution in [0.2, 0.25) is 0 Å². The monoisotopic (exact) mass is 208 g/mol. The second-order valence-corrected chi connectivity index (χ2v) is 3.93. The molecule has 0 aliphatic heterocycles. The summed E-state index contributed by atoms with van der Waals surface area (Å²) in [4.78, 5) is 30.2. The minimum atomic E-state index is -0.594. The summed E-state index contributed by atoms with van der Waals surface area (Å²) in [5, 5.41) is -0.562. The first kappa shape index (κ1) is 12.4. The van der Waals surface area contributed by atoms with E-state index in [1.165, 1.54) is 0 Å². The van der Waals surface area contributed by atoms with E-state index in [9.17, 15) is 9.59 Å². The number of hydrogen-bond acceptors (Lipinski definition) is 4. The third-order valence-electron chi connectivity index (χ3n) is 0.910. The summed E-state index contributed by atoms with van der Waals surface area (Å²) in [6.45, 7) is 5.23. The van der Waals surface area contributed by atoms with Crippen LogP contribution in [-0.4, -0.2) is 16.8 Å². The molecule has 0 aromatic rings. The summed E-state index contributed by atoms with van der Waals surface area (Å²) in [7, 11) is 0. The lowest BCUT2D eigenvalue weighted by atomic mass is 10.2. The zero-order valence-corrected chi connectivity index (χ0v) is 8.68. The summed E-state index contributed by atoms with van der Waals surface area (Å²) in [6, 6.07) is 0. The average Bonchev–Trinajstić information content (AvgIpc) is 1.95. The van der Waals surface area contributed by atoms with Gasteiger partial charge in [0.2, 0.25) is 5.24 Å². The average molecular weight is 209 g/mol. The molecule has 0 aliphatic carbocycles. The molecule has 76 valence electrons. The molecule has 0 heterocycles. The number of rotatable bonds is 4. The van der Waals surface area contributed by atoms with Crippen molar-refractivity contribution < 1.29 is 19.4 Å². The van der Waals surface area contributed by atoms with Gasteiger partial charge in [-0.2, -0.15) is 4.89 Å². The standard InChI is InChI=1S/C8H13ClO4/c1-8(2,3)13-12-7(11)5-4-6(9)10/h4-5H2,1-3H3. The van der Waals surface area contributed by atoms with Gasteiger partial charge in [0, 0.05) is 6.42 Å². The van der Waals surface area contributed by atoms with Gasteiger partial charge < -0.3 is 0 Å². The molecule has 0 aromatic carbocycles. The first-order chi connectivity index (χ1) is 5.81. The highest BCUT2D eigenvalue weighted by molar-refractivity contribution is 6.63. The molecule has 0 aliphatic rings. The molecule has 5 heteroatoms. The van der Waals surface area contributed by atoms with Crippen LogP contribution in [0.25, 0.3) is 0 Å². The molecule has 0 spiro atoms. The minimum Gasteiger partial charge on any atom is -0.298 e. The molecule has 13 heavy (non-hydrogen) atoms. The Hall–Kier alpha value is -0.610. The fraction of sp³-hybridized carbons (Fsp3) is 0.750. The van der Waals surface area contributed by atoms with Crippen molar-refractivity contribution in [1.29, 1.82) is 0 Å². The Bertz CT molecular complexity index is 195. The lowest BCUT2D eigenvalue weighted by Gasteiger charge is -2.16. The highest BCUT2D eigenvalue weighted by atomic mass is 35.5. The Kier molecular flexibility index (Phi) is 4.95. The summed E-state index contributed by atoms with van der Waals surface area (Å²) in [5.74, 6) is -0.594. The quantitative estimate of drug-likeness (QED) is 0.402. The first-order valence-electron chi connectivity index (χ1n) is 3.88. The zero-order chi connectivity index (χ0) is 10.5. The topological polar surface area (TPSA) is 52.6 Å². The summed E-state index contributed by atoms with van der Waals surface area (Å²) in [6.07, 6.45) is -0.0910. The van der Waals surface area contributed by atoms with Crippen LogP contribution in [0.1, 0.15) is 33.6 Å². The van der Waals surface area contributed by atoms with E-state index >= 15 is 0 Å². The molecule has 0 atom stereocenters. The predicted molar refractivity (Wildman–Crippen MR) is 47.0 cm³/mol. The number of hydrogen-bond donors (Lipinski definition) is 0. The van der Waals surface area contributed by atoms with Crippen molar-refractivity contribution in [2.75, 3.05) is 0 Å². The van der Waals surface area contributed by atoms with Gasteiger partial charge >= 0.3 is 5.97 Å². The maximum atomic E-state index is 10.8. The van der Waals surface area contributed by atoms with E-state index in [0.717, 1.165) is 0 Å². The van der Waals surface area contributed by atoms with Gasteiger partial charge in [-0.25, -0.2) is 4.79 Å². The van der Waals surface area contributed by atoms with Gasteiger partial charge in [0.05, 0.1) is 6.42 Å². The summed E-state index contributed by atoms with van der Waals surface area (Å²) < 4.78 is 0. The zero-order valence-electron chi connectivity index (χ0n) is 7.93. The van der Waals surface area contributed by atoms with Crippen molar-refractivity contribution in [1.82, 2.24) is 0 Å². The molecular weight excluding hydrogens is 196 g/mol. The maximum absolute atomic E-state index is 10.8. The van der Waals surface area contributed by atoms with Crippen LogP contribution in [-0.2, 0) is 19.4 Å².